The van der Waals surface area contributed by atoms with Crippen LogP contribution in [0.3, 0.4) is 0 Å². The summed E-state index contributed by atoms with van der Waals surface area (Å²) in [5.74, 6) is -2.02. The van der Waals surface area contributed by atoms with Gasteiger partial charge in [-0.15, -0.1) is 4.73 Å². The summed E-state index contributed by atoms with van der Waals surface area (Å²) in [6.45, 7) is 8.51. The smallest absolute Gasteiger partial charge is 0.408 e. The summed E-state index contributed by atoms with van der Waals surface area (Å²) >= 11 is 0. The summed E-state index contributed by atoms with van der Waals surface area (Å²) in [7, 11) is 0. The van der Waals surface area contributed by atoms with Crippen LogP contribution in [-0.2, 0) is 9.53 Å². The van der Waals surface area contributed by atoms with Crippen molar-refractivity contribution in [3.63, 3.8) is 0 Å². The second-order valence-electron chi connectivity index (χ2n) is 6.12. The van der Waals surface area contributed by atoms with E-state index in [0.717, 1.165) is 12.1 Å². The molecule has 1 atom stereocenters. The number of amides is 1. The number of rotatable bonds is 4. The predicted octanol–water partition coefficient (Wildman–Crippen LogP) is 1.40. The molecule has 124 valence electrons. The molecule has 0 aliphatic rings. The molecule has 8 heteroatoms. The summed E-state index contributed by atoms with van der Waals surface area (Å²) in [6.07, 6.45) is -0.760. The molecule has 3 N–H and O–H groups in total. The molecule has 0 radical (unpaired) electrons. The van der Waals surface area contributed by atoms with Crippen molar-refractivity contribution < 1.29 is 29.4 Å². The maximum Gasteiger partial charge on any atom is 0.408 e. The third kappa shape index (κ3) is 4.87. The van der Waals surface area contributed by atoms with E-state index in [-0.39, 0.29) is 5.92 Å². The summed E-state index contributed by atoms with van der Waals surface area (Å²) in [5.41, 5.74) is -0.702. The Kier molecular flexibility index (Phi) is 5.29. The summed E-state index contributed by atoms with van der Waals surface area (Å²) in [4.78, 5) is 28.8. The van der Waals surface area contributed by atoms with E-state index >= 15 is 0 Å². The molecule has 1 aromatic rings. The first kappa shape index (κ1) is 17.7. The zero-order chi connectivity index (χ0) is 17.1. The Hall–Kier alpha value is -2.38. The topological polar surface area (TPSA) is 110 Å². The van der Waals surface area contributed by atoms with Gasteiger partial charge in [-0.1, -0.05) is 13.8 Å². The van der Waals surface area contributed by atoms with E-state index in [1.807, 2.05) is 0 Å². The minimum atomic E-state index is -1.00. The molecule has 0 fully saturated rings. The highest BCUT2D eigenvalue weighted by molar-refractivity contribution is 5.82. The number of ether oxygens (including phenoxy) is 1. The van der Waals surface area contributed by atoms with Crippen LogP contribution in [0, 0.1) is 5.92 Å². The molecular weight excluding hydrogens is 292 g/mol. The minimum absolute atomic E-state index is 0.292. The Morgan fingerprint density at radius 3 is 2.09 bits per heavy atom. The largest absolute Gasteiger partial charge is 0.492 e. The second kappa shape index (κ2) is 6.59. The van der Waals surface area contributed by atoms with Crippen molar-refractivity contribution in [2.45, 2.75) is 46.3 Å². The fourth-order valence-electron chi connectivity index (χ4n) is 1.57. The van der Waals surface area contributed by atoms with E-state index in [0.29, 0.717) is 4.73 Å². The Labute approximate surface area is 128 Å². The maximum absolute atomic E-state index is 12.1. The predicted molar refractivity (Wildman–Crippen MR) is 77.3 cm³/mol. The third-order valence-electron chi connectivity index (χ3n) is 2.57. The average Bonchev–Trinajstić information content (AvgIpc) is 2.65. The molecule has 0 aliphatic carbocycles. The monoisotopic (exact) mass is 314 g/mol. The van der Waals surface area contributed by atoms with Crippen LogP contribution in [0.2, 0.25) is 0 Å². The SMILES string of the molecule is CC(C)[C@@H](NC(=O)OC(C)(C)C)C(=O)On1c(O)ccc1O. The first-order chi connectivity index (χ1) is 10.0. The highest BCUT2D eigenvalue weighted by atomic mass is 16.7. The molecule has 1 amide bonds. The molecule has 0 unspecified atom stereocenters. The fourth-order valence-corrected chi connectivity index (χ4v) is 1.57. The van der Waals surface area contributed by atoms with Crippen molar-refractivity contribution in [3.05, 3.63) is 12.1 Å². The molecule has 0 aromatic carbocycles. The van der Waals surface area contributed by atoms with Crippen molar-refractivity contribution in [1.82, 2.24) is 10.0 Å². The minimum Gasteiger partial charge on any atom is -0.492 e. The van der Waals surface area contributed by atoms with Gasteiger partial charge in [0.25, 0.3) is 0 Å². The van der Waals surface area contributed by atoms with Gasteiger partial charge in [0, 0.05) is 12.1 Å². The highest BCUT2D eigenvalue weighted by Gasteiger charge is 2.29. The van der Waals surface area contributed by atoms with Crippen molar-refractivity contribution >= 4 is 12.1 Å². The molecular formula is C14H22N2O6. The van der Waals surface area contributed by atoms with Crippen LogP contribution in [0.4, 0.5) is 4.79 Å². The van der Waals surface area contributed by atoms with Gasteiger partial charge in [0.15, 0.2) is 0 Å². The van der Waals surface area contributed by atoms with Gasteiger partial charge >= 0.3 is 12.1 Å². The van der Waals surface area contributed by atoms with E-state index in [1.54, 1.807) is 34.6 Å². The lowest BCUT2D eigenvalue weighted by molar-refractivity contribution is -0.149. The number of aromatic nitrogens is 1. The summed E-state index contributed by atoms with van der Waals surface area (Å²) in [6, 6.07) is 1.32. The lowest BCUT2D eigenvalue weighted by atomic mass is 10.1. The number of carbonyl (C=O) groups is 2. The lowest BCUT2D eigenvalue weighted by Gasteiger charge is -2.24. The Morgan fingerprint density at radius 1 is 1.18 bits per heavy atom. The zero-order valence-corrected chi connectivity index (χ0v) is 13.3. The molecule has 1 heterocycles. The molecule has 1 rings (SSSR count). The molecule has 0 saturated carbocycles. The van der Waals surface area contributed by atoms with Crippen LogP contribution in [0.25, 0.3) is 0 Å². The van der Waals surface area contributed by atoms with Crippen LogP contribution >= 0.6 is 0 Å². The lowest BCUT2D eigenvalue weighted by Crippen LogP contribution is -2.49. The van der Waals surface area contributed by atoms with Gasteiger partial charge in [-0.05, 0) is 26.7 Å². The van der Waals surface area contributed by atoms with E-state index in [2.05, 4.69) is 5.32 Å². The molecule has 0 aliphatic heterocycles. The number of hydrogen-bond donors (Lipinski definition) is 3. The number of alkyl carbamates (subject to hydrolysis) is 1. The first-order valence-corrected chi connectivity index (χ1v) is 6.82. The van der Waals surface area contributed by atoms with Crippen molar-refractivity contribution in [1.29, 1.82) is 0 Å². The van der Waals surface area contributed by atoms with Crippen molar-refractivity contribution in [2.24, 2.45) is 5.92 Å². The van der Waals surface area contributed by atoms with Gasteiger partial charge in [-0.2, -0.15) is 0 Å². The van der Waals surface area contributed by atoms with E-state index in [9.17, 15) is 19.8 Å². The van der Waals surface area contributed by atoms with Crippen molar-refractivity contribution in [2.75, 3.05) is 0 Å². The van der Waals surface area contributed by atoms with Gasteiger partial charge < -0.3 is 25.1 Å². The van der Waals surface area contributed by atoms with Gasteiger partial charge in [0.05, 0.1) is 0 Å². The number of aromatic hydroxyl groups is 2. The molecule has 0 bridgehead atoms. The maximum atomic E-state index is 12.1. The second-order valence-corrected chi connectivity index (χ2v) is 6.12. The number of nitrogens with one attached hydrogen (secondary N) is 1. The summed E-state index contributed by atoms with van der Waals surface area (Å²) in [5, 5.41) is 21.3. The van der Waals surface area contributed by atoms with Crippen molar-refractivity contribution in [3.8, 4) is 11.8 Å². The quantitative estimate of drug-likeness (QED) is 0.775. The summed E-state index contributed by atoms with van der Waals surface area (Å²) < 4.78 is 5.65. The molecule has 22 heavy (non-hydrogen) atoms. The van der Waals surface area contributed by atoms with Crippen LogP contribution in [0.1, 0.15) is 34.6 Å². The normalized spacial score (nSPS) is 12.8. The number of carbonyl (C=O) groups excluding carboxylic acids is 2. The van der Waals surface area contributed by atoms with Gasteiger partial charge in [0.1, 0.15) is 11.6 Å². The fraction of sp³-hybridized carbons (Fsp3) is 0.571. The van der Waals surface area contributed by atoms with Crippen LogP contribution in [0.15, 0.2) is 12.1 Å². The van der Waals surface area contributed by atoms with Gasteiger partial charge in [0.2, 0.25) is 11.8 Å². The van der Waals surface area contributed by atoms with Crippen LogP contribution < -0.4 is 10.2 Å². The van der Waals surface area contributed by atoms with E-state index < -0.39 is 35.5 Å². The highest BCUT2D eigenvalue weighted by Crippen LogP contribution is 2.19. The molecule has 8 nitrogen and oxygen atoms in total. The standard InChI is InChI=1S/C14H22N2O6/c1-8(2)11(15-13(20)21-14(3,4)5)12(19)22-16-9(17)6-7-10(16)18/h6-8,11,17-18H,1-5H3,(H,15,20)/t11-/m1/s1. The van der Waals surface area contributed by atoms with E-state index in [1.165, 1.54) is 0 Å². The zero-order valence-electron chi connectivity index (χ0n) is 13.3. The molecule has 0 saturated heterocycles. The van der Waals surface area contributed by atoms with E-state index in [4.69, 9.17) is 9.57 Å². The number of hydrogen-bond acceptors (Lipinski definition) is 6. The third-order valence-corrected chi connectivity index (χ3v) is 2.57. The van der Waals surface area contributed by atoms with Crippen LogP contribution in [-0.4, -0.2) is 38.6 Å². The molecule has 1 aromatic heterocycles. The van der Waals surface area contributed by atoms with Crippen LogP contribution in [0.5, 0.6) is 11.8 Å². The van der Waals surface area contributed by atoms with Gasteiger partial charge in [-0.3, -0.25) is 0 Å². The Bertz CT molecular complexity index is 525. The first-order valence-electron chi connectivity index (χ1n) is 6.82. The van der Waals surface area contributed by atoms with Gasteiger partial charge in [-0.25, -0.2) is 9.59 Å². The Morgan fingerprint density at radius 2 is 1.68 bits per heavy atom. The average molecular weight is 314 g/mol. The number of nitrogens with zero attached hydrogens (tertiary/aromatic N) is 1. The molecule has 0 spiro atoms. The Balaban J connectivity index is 2.79.